The molecule has 0 radical (unpaired) electrons. The molecule has 2 aliphatic rings. The molecule has 4 atom stereocenters. The molecular weight excluding hydrogens is 234 g/mol. The van der Waals surface area contributed by atoms with Gasteiger partial charge in [-0.15, -0.1) is 0 Å². The summed E-state index contributed by atoms with van der Waals surface area (Å²) >= 11 is 0. The van der Waals surface area contributed by atoms with Gasteiger partial charge in [-0.05, 0) is 43.9 Å². The first-order chi connectivity index (χ1) is 7.96. The molecule has 4 heteroatoms. The summed E-state index contributed by atoms with van der Waals surface area (Å²) in [6.45, 7) is 4.61. The molecule has 1 aliphatic carbocycles. The quantitative estimate of drug-likeness (QED) is 0.825. The van der Waals surface area contributed by atoms with E-state index in [1.165, 1.54) is 19.3 Å². The average molecular weight is 259 g/mol. The standard InChI is InChI=1S/C13H25NO2S/c1-10-5-6-13(11(2)8-10)14-12-4-3-7-17(15,16)9-12/h10-14H,3-9H2,1-2H3. The minimum atomic E-state index is -2.77. The van der Waals surface area contributed by atoms with Crippen LogP contribution in [0.25, 0.3) is 0 Å². The summed E-state index contributed by atoms with van der Waals surface area (Å²) in [4.78, 5) is 0. The first-order valence-electron chi connectivity index (χ1n) is 6.93. The number of nitrogens with one attached hydrogen (secondary N) is 1. The van der Waals surface area contributed by atoms with E-state index < -0.39 is 9.84 Å². The molecule has 0 aromatic rings. The van der Waals surface area contributed by atoms with Gasteiger partial charge in [-0.1, -0.05) is 13.8 Å². The predicted molar refractivity (Wildman–Crippen MR) is 70.8 cm³/mol. The summed E-state index contributed by atoms with van der Waals surface area (Å²) in [7, 11) is -2.77. The molecule has 17 heavy (non-hydrogen) atoms. The summed E-state index contributed by atoms with van der Waals surface area (Å²) in [5, 5.41) is 3.60. The van der Waals surface area contributed by atoms with Crippen LogP contribution in [0.3, 0.4) is 0 Å². The zero-order valence-electron chi connectivity index (χ0n) is 11.0. The molecule has 2 fully saturated rings. The third-order valence-electron chi connectivity index (χ3n) is 4.34. The summed E-state index contributed by atoms with van der Waals surface area (Å²) < 4.78 is 23.2. The van der Waals surface area contributed by atoms with Crippen molar-refractivity contribution in [3.63, 3.8) is 0 Å². The normalized spacial score (nSPS) is 42.2. The number of rotatable bonds is 2. The van der Waals surface area contributed by atoms with Crippen LogP contribution in [0, 0.1) is 11.8 Å². The van der Waals surface area contributed by atoms with E-state index in [9.17, 15) is 8.42 Å². The highest BCUT2D eigenvalue weighted by molar-refractivity contribution is 7.91. The number of hydrogen-bond acceptors (Lipinski definition) is 3. The van der Waals surface area contributed by atoms with Crippen LogP contribution in [0.1, 0.15) is 46.0 Å². The maximum Gasteiger partial charge on any atom is 0.151 e. The lowest BCUT2D eigenvalue weighted by Gasteiger charge is -2.37. The maximum absolute atomic E-state index is 11.6. The zero-order valence-corrected chi connectivity index (χ0v) is 11.8. The summed E-state index contributed by atoms with van der Waals surface area (Å²) in [5.41, 5.74) is 0. The average Bonchev–Trinajstić information content (AvgIpc) is 2.21. The van der Waals surface area contributed by atoms with Crippen LogP contribution < -0.4 is 5.32 Å². The van der Waals surface area contributed by atoms with Gasteiger partial charge in [-0.2, -0.15) is 0 Å². The van der Waals surface area contributed by atoms with Crippen molar-refractivity contribution in [3.8, 4) is 0 Å². The van der Waals surface area contributed by atoms with Crippen LogP contribution in [0.5, 0.6) is 0 Å². The van der Waals surface area contributed by atoms with Crippen molar-refractivity contribution in [1.82, 2.24) is 5.32 Å². The first-order valence-corrected chi connectivity index (χ1v) is 8.75. The Labute approximate surface area is 105 Å². The zero-order chi connectivity index (χ0) is 12.5. The molecular formula is C13H25NO2S. The molecule has 3 nitrogen and oxygen atoms in total. The molecule has 1 saturated carbocycles. The fourth-order valence-corrected chi connectivity index (χ4v) is 5.02. The van der Waals surface area contributed by atoms with E-state index in [0.717, 1.165) is 18.8 Å². The number of hydrogen-bond donors (Lipinski definition) is 1. The Hall–Kier alpha value is -0.0900. The highest BCUT2D eigenvalue weighted by Crippen LogP contribution is 2.29. The van der Waals surface area contributed by atoms with Crippen molar-refractivity contribution >= 4 is 9.84 Å². The van der Waals surface area contributed by atoms with Gasteiger partial charge in [0.2, 0.25) is 0 Å². The SMILES string of the molecule is CC1CCC(NC2CCCS(=O)(=O)C2)C(C)C1. The van der Waals surface area contributed by atoms with E-state index >= 15 is 0 Å². The van der Waals surface area contributed by atoms with Gasteiger partial charge in [0.05, 0.1) is 11.5 Å². The molecule has 0 amide bonds. The maximum atomic E-state index is 11.6. The summed E-state index contributed by atoms with van der Waals surface area (Å²) in [6, 6.07) is 0.735. The van der Waals surface area contributed by atoms with Crippen LogP contribution in [-0.2, 0) is 9.84 Å². The molecule has 4 unspecified atom stereocenters. The van der Waals surface area contributed by atoms with Crippen molar-refractivity contribution in [1.29, 1.82) is 0 Å². The van der Waals surface area contributed by atoms with Gasteiger partial charge in [-0.3, -0.25) is 0 Å². The second-order valence-corrected chi connectivity index (χ2v) is 8.35. The smallest absolute Gasteiger partial charge is 0.151 e. The van der Waals surface area contributed by atoms with Gasteiger partial charge < -0.3 is 5.32 Å². The van der Waals surface area contributed by atoms with E-state index in [2.05, 4.69) is 19.2 Å². The Morgan fingerprint density at radius 1 is 1.12 bits per heavy atom. The van der Waals surface area contributed by atoms with Crippen molar-refractivity contribution in [2.45, 2.75) is 58.0 Å². The van der Waals surface area contributed by atoms with Crippen LogP contribution in [0.4, 0.5) is 0 Å². The van der Waals surface area contributed by atoms with Crippen molar-refractivity contribution in [2.75, 3.05) is 11.5 Å². The predicted octanol–water partition coefficient (Wildman–Crippen LogP) is 1.98. The van der Waals surface area contributed by atoms with E-state index in [-0.39, 0.29) is 6.04 Å². The van der Waals surface area contributed by atoms with Gasteiger partial charge >= 0.3 is 0 Å². The number of sulfone groups is 1. The van der Waals surface area contributed by atoms with Crippen LogP contribution in [0.2, 0.25) is 0 Å². The van der Waals surface area contributed by atoms with Gasteiger partial charge in [0.25, 0.3) is 0 Å². The molecule has 0 aromatic heterocycles. The lowest BCUT2D eigenvalue weighted by molar-refractivity contribution is 0.213. The van der Waals surface area contributed by atoms with Crippen molar-refractivity contribution < 1.29 is 8.42 Å². The fourth-order valence-electron chi connectivity index (χ4n) is 3.37. The molecule has 0 aromatic carbocycles. The van der Waals surface area contributed by atoms with E-state index in [0.29, 0.717) is 23.5 Å². The van der Waals surface area contributed by atoms with Crippen molar-refractivity contribution in [2.24, 2.45) is 11.8 Å². The molecule has 1 saturated heterocycles. The van der Waals surface area contributed by atoms with E-state index in [1.807, 2.05) is 0 Å². The Balaban J connectivity index is 1.88. The Kier molecular flexibility index (Phi) is 4.14. The Morgan fingerprint density at radius 2 is 1.88 bits per heavy atom. The molecule has 1 heterocycles. The van der Waals surface area contributed by atoms with Gasteiger partial charge in [0.1, 0.15) is 0 Å². The summed E-state index contributed by atoms with van der Waals surface area (Å²) in [6.07, 6.45) is 5.62. The Morgan fingerprint density at radius 3 is 2.53 bits per heavy atom. The fraction of sp³-hybridized carbons (Fsp3) is 1.00. The van der Waals surface area contributed by atoms with Gasteiger partial charge in [0.15, 0.2) is 9.84 Å². The minimum Gasteiger partial charge on any atom is -0.310 e. The Bertz CT molecular complexity index is 352. The molecule has 0 spiro atoms. The van der Waals surface area contributed by atoms with Crippen LogP contribution in [0.15, 0.2) is 0 Å². The molecule has 2 rings (SSSR count). The monoisotopic (exact) mass is 259 g/mol. The largest absolute Gasteiger partial charge is 0.310 e. The highest BCUT2D eigenvalue weighted by atomic mass is 32.2. The second-order valence-electron chi connectivity index (χ2n) is 6.12. The lowest BCUT2D eigenvalue weighted by atomic mass is 9.79. The third kappa shape index (κ3) is 3.68. The van der Waals surface area contributed by atoms with E-state index in [1.54, 1.807) is 0 Å². The topological polar surface area (TPSA) is 46.2 Å². The lowest BCUT2D eigenvalue weighted by Crippen LogP contribution is -2.49. The minimum absolute atomic E-state index is 0.203. The van der Waals surface area contributed by atoms with Gasteiger partial charge in [-0.25, -0.2) is 8.42 Å². The van der Waals surface area contributed by atoms with Gasteiger partial charge in [0, 0.05) is 12.1 Å². The molecule has 100 valence electrons. The molecule has 1 aliphatic heterocycles. The van der Waals surface area contributed by atoms with E-state index in [4.69, 9.17) is 0 Å². The first kappa shape index (κ1) is 13.3. The molecule has 1 N–H and O–H groups in total. The van der Waals surface area contributed by atoms with Crippen molar-refractivity contribution in [3.05, 3.63) is 0 Å². The summed E-state index contributed by atoms with van der Waals surface area (Å²) in [5.74, 6) is 2.26. The van der Waals surface area contributed by atoms with Crippen LogP contribution in [-0.4, -0.2) is 32.0 Å². The molecule has 0 bridgehead atoms. The third-order valence-corrected chi connectivity index (χ3v) is 6.17. The second kappa shape index (κ2) is 5.27. The van der Waals surface area contributed by atoms with Crippen LogP contribution >= 0.6 is 0 Å². The highest BCUT2D eigenvalue weighted by Gasteiger charge is 2.30.